The summed E-state index contributed by atoms with van der Waals surface area (Å²) in [5, 5.41) is 8.80. The molecule has 1 N–H and O–H groups in total. The second kappa shape index (κ2) is 10.9. The number of hydrogen-bond donors (Lipinski definition) is 1. The van der Waals surface area contributed by atoms with E-state index in [4.69, 9.17) is 14.6 Å². The fraction of sp³-hybridized carbons (Fsp3) is 0.417. The zero-order valence-electron chi connectivity index (χ0n) is 17.7. The first-order chi connectivity index (χ1) is 13.9. The molecule has 0 saturated carbocycles. The summed E-state index contributed by atoms with van der Waals surface area (Å²) >= 11 is 0. The maximum absolute atomic E-state index is 10.7. The number of pyridine rings is 1. The Labute approximate surface area is 173 Å². The van der Waals surface area contributed by atoms with E-state index in [2.05, 4.69) is 49.2 Å². The molecule has 0 bridgehead atoms. The van der Waals surface area contributed by atoms with E-state index in [1.807, 2.05) is 18.3 Å². The highest BCUT2D eigenvalue weighted by atomic mass is 16.7. The van der Waals surface area contributed by atoms with Gasteiger partial charge in [-0.15, -0.1) is 0 Å². The van der Waals surface area contributed by atoms with Crippen molar-refractivity contribution in [2.45, 2.75) is 51.2 Å². The number of carboxylic acid groups (broad SMARTS) is 1. The van der Waals surface area contributed by atoms with Crippen LogP contribution in [0.1, 0.15) is 56.2 Å². The van der Waals surface area contributed by atoms with Crippen molar-refractivity contribution in [3.8, 4) is 0 Å². The summed E-state index contributed by atoms with van der Waals surface area (Å²) in [5.41, 5.74) is 4.08. The predicted octanol–water partition coefficient (Wildman–Crippen LogP) is 5.05. The molecule has 5 nitrogen and oxygen atoms in total. The van der Waals surface area contributed by atoms with Crippen molar-refractivity contribution in [3.63, 3.8) is 0 Å². The van der Waals surface area contributed by atoms with Gasteiger partial charge in [-0.3, -0.25) is 9.78 Å². The summed E-state index contributed by atoms with van der Waals surface area (Å²) in [6.45, 7) is 4.19. The minimum Gasteiger partial charge on any atom is -0.481 e. The number of carbonyl (C=O) groups is 1. The van der Waals surface area contributed by atoms with E-state index in [0.29, 0.717) is 6.42 Å². The maximum Gasteiger partial charge on any atom is 0.303 e. The third kappa shape index (κ3) is 6.24. The number of unbranched alkanes of at least 4 members (excludes halogenated alkanes) is 2. The van der Waals surface area contributed by atoms with Gasteiger partial charge in [0.15, 0.2) is 6.29 Å². The van der Waals surface area contributed by atoms with Gasteiger partial charge in [0, 0.05) is 44.0 Å². The normalized spacial score (nSPS) is 12.4. The summed E-state index contributed by atoms with van der Waals surface area (Å²) in [7, 11) is 3.30. The summed E-state index contributed by atoms with van der Waals surface area (Å²) in [4.78, 5) is 15.0. The van der Waals surface area contributed by atoms with Gasteiger partial charge < -0.3 is 14.6 Å². The van der Waals surface area contributed by atoms with Crippen molar-refractivity contribution in [2.75, 3.05) is 14.2 Å². The van der Waals surface area contributed by atoms with Crippen molar-refractivity contribution >= 4 is 11.5 Å². The van der Waals surface area contributed by atoms with Crippen molar-refractivity contribution in [3.05, 3.63) is 71.6 Å². The van der Waals surface area contributed by atoms with Gasteiger partial charge in [-0.2, -0.15) is 0 Å². The van der Waals surface area contributed by atoms with E-state index in [-0.39, 0.29) is 18.1 Å². The second-order valence-corrected chi connectivity index (χ2v) is 7.60. The number of aliphatic carboxylic acids is 1. The van der Waals surface area contributed by atoms with Crippen molar-refractivity contribution < 1.29 is 19.4 Å². The van der Waals surface area contributed by atoms with Crippen LogP contribution in [-0.4, -0.2) is 36.6 Å². The number of methoxy groups -OCH3 is 2. The lowest BCUT2D eigenvalue weighted by Crippen LogP contribution is -2.36. The lowest BCUT2D eigenvalue weighted by atomic mass is 9.82. The van der Waals surface area contributed by atoms with Gasteiger partial charge in [0.2, 0.25) is 0 Å². The number of rotatable bonds is 11. The van der Waals surface area contributed by atoms with Crippen molar-refractivity contribution in [1.29, 1.82) is 0 Å². The lowest BCUT2D eigenvalue weighted by molar-refractivity contribution is -0.141. The molecule has 156 valence electrons. The molecule has 0 aliphatic rings. The molecule has 2 aromatic rings. The molecule has 0 atom stereocenters. The molecule has 0 unspecified atom stereocenters. The Kier molecular flexibility index (Phi) is 8.55. The van der Waals surface area contributed by atoms with Crippen LogP contribution in [0.4, 0.5) is 0 Å². The molecule has 29 heavy (non-hydrogen) atoms. The first-order valence-corrected chi connectivity index (χ1v) is 9.89. The lowest BCUT2D eigenvalue weighted by Gasteiger charge is -2.32. The average molecular weight is 398 g/mol. The van der Waals surface area contributed by atoms with Crippen LogP contribution in [-0.2, 0) is 19.7 Å². The minimum atomic E-state index is -0.745. The van der Waals surface area contributed by atoms with E-state index >= 15 is 0 Å². The van der Waals surface area contributed by atoms with E-state index in [9.17, 15) is 4.79 Å². The first-order valence-electron chi connectivity index (χ1n) is 9.89. The topological polar surface area (TPSA) is 68.7 Å². The van der Waals surface area contributed by atoms with Gasteiger partial charge >= 0.3 is 5.97 Å². The van der Waals surface area contributed by atoms with Gasteiger partial charge in [-0.05, 0) is 42.0 Å². The van der Waals surface area contributed by atoms with Crippen LogP contribution in [0.25, 0.3) is 5.57 Å². The second-order valence-electron chi connectivity index (χ2n) is 7.60. The highest BCUT2D eigenvalue weighted by Crippen LogP contribution is 2.31. The van der Waals surface area contributed by atoms with E-state index in [1.54, 1.807) is 20.4 Å². The van der Waals surface area contributed by atoms with Gasteiger partial charge in [0.1, 0.15) is 0 Å². The molecule has 1 aromatic carbocycles. The van der Waals surface area contributed by atoms with Gasteiger partial charge in [0.25, 0.3) is 0 Å². The van der Waals surface area contributed by atoms with Crippen LogP contribution in [0.2, 0.25) is 0 Å². The van der Waals surface area contributed by atoms with Crippen LogP contribution >= 0.6 is 0 Å². The van der Waals surface area contributed by atoms with E-state index in [0.717, 1.165) is 35.1 Å². The molecule has 0 fully saturated rings. The fourth-order valence-corrected chi connectivity index (χ4v) is 3.49. The van der Waals surface area contributed by atoms with Gasteiger partial charge in [-0.25, -0.2) is 0 Å². The molecule has 1 heterocycles. The Morgan fingerprint density at radius 2 is 1.79 bits per heavy atom. The highest BCUT2D eigenvalue weighted by molar-refractivity contribution is 5.79. The molecule has 0 amide bonds. The summed E-state index contributed by atoms with van der Waals surface area (Å²) < 4.78 is 10.9. The number of allylic oxidation sites excluding steroid dienone is 1. The SMILES string of the molecule is COC(OC)C(C)(C)c1ccc(/C(=C\CCCCC(=O)O)c2cccnc2)cc1. The molecule has 2 rings (SSSR count). The molecule has 0 aliphatic heterocycles. The number of nitrogens with zero attached hydrogens (tertiary/aromatic N) is 1. The van der Waals surface area contributed by atoms with Crippen molar-refractivity contribution in [1.82, 2.24) is 4.98 Å². The average Bonchev–Trinajstić information content (AvgIpc) is 2.72. The number of carboxylic acids is 1. The Morgan fingerprint density at radius 3 is 2.34 bits per heavy atom. The number of aromatic nitrogens is 1. The zero-order valence-corrected chi connectivity index (χ0v) is 17.7. The largest absolute Gasteiger partial charge is 0.481 e. The number of ether oxygens (including phenoxy) is 2. The summed E-state index contributed by atoms with van der Waals surface area (Å²) in [5.74, 6) is -0.745. The number of hydrogen-bond acceptors (Lipinski definition) is 4. The van der Waals surface area contributed by atoms with Crippen LogP contribution in [0.15, 0.2) is 54.9 Å². The number of benzene rings is 1. The quantitative estimate of drug-likeness (QED) is 0.424. The highest BCUT2D eigenvalue weighted by Gasteiger charge is 2.31. The Morgan fingerprint density at radius 1 is 1.10 bits per heavy atom. The third-order valence-electron chi connectivity index (χ3n) is 5.12. The maximum atomic E-state index is 10.7. The monoisotopic (exact) mass is 397 g/mol. The van der Waals surface area contributed by atoms with Crippen LogP contribution in [0.5, 0.6) is 0 Å². The van der Waals surface area contributed by atoms with Crippen LogP contribution in [0.3, 0.4) is 0 Å². The standard InChI is InChI=1S/C24H31NO4/c1-24(2,23(28-3)29-4)20-14-12-18(13-15-20)21(19-9-8-16-25-17-19)10-6-5-7-11-22(26)27/h8-10,12-17,23H,5-7,11H2,1-4H3,(H,26,27)/b21-10+. The molecular formula is C24H31NO4. The van der Waals surface area contributed by atoms with Gasteiger partial charge in [-0.1, -0.05) is 50.3 Å². The predicted molar refractivity (Wildman–Crippen MR) is 115 cm³/mol. The molecule has 5 heteroatoms. The minimum absolute atomic E-state index is 0.208. The molecule has 0 radical (unpaired) electrons. The van der Waals surface area contributed by atoms with E-state index < -0.39 is 5.97 Å². The molecule has 0 aliphatic carbocycles. The Hall–Kier alpha value is -2.50. The molecular weight excluding hydrogens is 366 g/mol. The summed E-state index contributed by atoms with van der Waals surface area (Å²) in [6.07, 6.45) is 7.99. The Bertz CT molecular complexity index is 793. The summed E-state index contributed by atoms with van der Waals surface area (Å²) in [6, 6.07) is 12.4. The molecule has 0 spiro atoms. The fourth-order valence-electron chi connectivity index (χ4n) is 3.49. The first kappa shape index (κ1) is 22.8. The Balaban J connectivity index is 2.26. The molecule has 0 saturated heterocycles. The third-order valence-corrected chi connectivity index (χ3v) is 5.12. The van der Waals surface area contributed by atoms with Gasteiger partial charge in [0.05, 0.1) is 0 Å². The zero-order chi connectivity index (χ0) is 21.3. The van der Waals surface area contributed by atoms with Crippen molar-refractivity contribution in [2.24, 2.45) is 0 Å². The van der Waals surface area contributed by atoms with Crippen LogP contribution in [0, 0.1) is 0 Å². The smallest absolute Gasteiger partial charge is 0.303 e. The van der Waals surface area contributed by atoms with E-state index in [1.165, 1.54) is 0 Å². The molecule has 1 aromatic heterocycles. The van der Waals surface area contributed by atoms with Crippen LogP contribution < -0.4 is 0 Å².